The second-order valence-corrected chi connectivity index (χ2v) is 10.3. The van der Waals surface area contributed by atoms with Crippen LogP contribution in [0, 0.1) is 0 Å². The molecule has 1 heterocycles. The van der Waals surface area contributed by atoms with Crippen LogP contribution in [0.15, 0.2) is 75.7 Å². The molecule has 0 N–H and O–H groups in total. The van der Waals surface area contributed by atoms with Gasteiger partial charge in [-0.3, -0.25) is 0 Å². The first-order valence-electron chi connectivity index (χ1n) is 8.68. The fourth-order valence-electron chi connectivity index (χ4n) is 3.72. The van der Waals surface area contributed by atoms with Gasteiger partial charge in [-0.15, -0.1) is 0 Å². The number of aromatic nitrogens is 2. The molecular weight excluding hydrogens is 454 g/mol. The summed E-state index contributed by atoms with van der Waals surface area (Å²) in [4.78, 5) is 0. The maximum absolute atomic E-state index is 4.87. The minimum absolute atomic E-state index is 0. The molecule has 1 aromatic heterocycles. The van der Waals surface area contributed by atoms with Gasteiger partial charge in [0.05, 0.1) is 0 Å². The van der Waals surface area contributed by atoms with Gasteiger partial charge in [-0.05, 0) is 0 Å². The maximum Gasteiger partial charge on any atom is -1.00 e. The number of benzene rings is 2. The van der Waals surface area contributed by atoms with Crippen molar-refractivity contribution in [1.29, 1.82) is 0 Å². The van der Waals surface area contributed by atoms with Crippen molar-refractivity contribution in [2.45, 2.75) is 17.0 Å². The number of rotatable bonds is 3. The minimum Gasteiger partial charge on any atom is -1.00 e. The summed E-state index contributed by atoms with van der Waals surface area (Å²) in [5.41, 5.74) is 6.79. The Bertz CT molecular complexity index is 1050. The van der Waals surface area contributed by atoms with E-state index in [0.717, 1.165) is 11.9 Å². The van der Waals surface area contributed by atoms with Crippen molar-refractivity contribution in [1.82, 2.24) is 9.78 Å². The number of fused-ring (bicyclic) bond motifs is 2. The Morgan fingerprint density at radius 1 is 1.04 bits per heavy atom. The van der Waals surface area contributed by atoms with Crippen molar-refractivity contribution in [3.63, 3.8) is 0 Å². The number of hydrogen-bond donors (Lipinski definition) is 0. The predicted molar refractivity (Wildman–Crippen MR) is 99.5 cm³/mol. The third-order valence-electron chi connectivity index (χ3n) is 5.07. The van der Waals surface area contributed by atoms with Gasteiger partial charge in [0.25, 0.3) is 0 Å². The van der Waals surface area contributed by atoms with Crippen molar-refractivity contribution in [2.75, 3.05) is 0 Å². The van der Waals surface area contributed by atoms with Crippen LogP contribution in [0.1, 0.15) is 28.1 Å². The molecule has 0 amide bonds. The van der Waals surface area contributed by atoms with Crippen LogP contribution >= 0.6 is 0 Å². The number of hydrogen-bond acceptors (Lipinski definition) is 1. The molecule has 5 rings (SSSR count). The molecule has 134 valence electrons. The van der Waals surface area contributed by atoms with Crippen molar-refractivity contribution in [3.8, 4) is 0 Å². The molecular formula is C22H18Cl2N2Zr. The van der Waals surface area contributed by atoms with Crippen LogP contribution < -0.4 is 24.8 Å². The average molecular weight is 473 g/mol. The van der Waals surface area contributed by atoms with E-state index in [1.165, 1.54) is 27.8 Å². The van der Waals surface area contributed by atoms with Gasteiger partial charge in [0.1, 0.15) is 0 Å². The zero-order chi connectivity index (χ0) is 16.8. The molecule has 2 nitrogen and oxygen atoms in total. The summed E-state index contributed by atoms with van der Waals surface area (Å²) in [7, 11) is 0. The third-order valence-corrected chi connectivity index (χ3v) is 9.60. The SMILES string of the molecule is CC1=[C]([Zr+2][CH]2C(n3cc4ccccc4n3)=Cc3ccccc32)CC=C1.[Cl-].[Cl-]. The van der Waals surface area contributed by atoms with Gasteiger partial charge in [-0.2, -0.15) is 0 Å². The van der Waals surface area contributed by atoms with Gasteiger partial charge >= 0.3 is 160 Å². The third kappa shape index (κ3) is 3.66. The molecule has 5 heteroatoms. The molecule has 0 fully saturated rings. The second kappa shape index (κ2) is 8.31. The number of halogens is 2. The summed E-state index contributed by atoms with van der Waals surface area (Å²) < 4.78 is 4.39. The molecule has 0 aliphatic heterocycles. The fourth-order valence-corrected chi connectivity index (χ4v) is 7.84. The average Bonchev–Trinajstić information content (AvgIpc) is 3.33. The second-order valence-electron chi connectivity index (χ2n) is 6.68. The standard InChI is InChI=1S/C16H11N2.C6H7.2ClH.Zr/c1-2-6-13-10-15(9-12(13)5-1)18-11-14-7-3-4-8-16(14)17-18;1-6-4-2-3-5-6;;;/h1-11H;2,4H,3H2,1H3;2*1H;/q;;;;+2/p-2. The number of allylic oxidation sites excluding steroid dienone is 5. The van der Waals surface area contributed by atoms with Gasteiger partial charge < -0.3 is 24.8 Å². The van der Waals surface area contributed by atoms with Crippen LogP contribution in [0.3, 0.4) is 0 Å². The first kappa shape index (κ1) is 20.3. The maximum atomic E-state index is 4.87. The Kier molecular flexibility index (Phi) is 6.26. The van der Waals surface area contributed by atoms with E-state index in [-0.39, 0.29) is 24.8 Å². The van der Waals surface area contributed by atoms with E-state index in [9.17, 15) is 0 Å². The van der Waals surface area contributed by atoms with E-state index in [1.807, 2.05) is 0 Å². The molecule has 27 heavy (non-hydrogen) atoms. The van der Waals surface area contributed by atoms with Crippen molar-refractivity contribution < 1.29 is 48.0 Å². The summed E-state index contributed by atoms with van der Waals surface area (Å²) >= 11 is -0.767. The normalized spacial score (nSPS) is 17.2. The van der Waals surface area contributed by atoms with Crippen molar-refractivity contribution >= 4 is 22.7 Å². The molecule has 0 radical (unpaired) electrons. The van der Waals surface area contributed by atoms with Crippen LogP contribution in [-0.2, 0) is 23.2 Å². The summed E-state index contributed by atoms with van der Waals surface area (Å²) in [6, 6.07) is 17.2. The molecule has 2 aliphatic rings. The van der Waals surface area contributed by atoms with Gasteiger partial charge in [-0.25, -0.2) is 0 Å². The van der Waals surface area contributed by atoms with Crippen LogP contribution in [0.5, 0.6) is 0 Å². The molecule has 0 bridgehead atoms. The van der Waals surface area contributed by atoms with E-state index < -0.39 is 23.2 Å². The monoisotopic (exact) mass is 470 g/mol. The van der Waals surface area contributed by atoms with Gasteiger partial charge in [-0.1, -0.05) is 0 Å². The van der Waals surface area contributed by atoms with E-state index in [2.05, 4.69) is 84.6 Å². The Morgan fingerprint density at radius 3 is 2.59 bits per heavy atom. The zero-order valence-electron chi connectivity index (χ0n) is 14.9. The summed E-state index contributed by atoms with van der Waals surface area (Å²) in [6.45, 7) is 2.27. The molecule has 2 aliphatic carbocycles. The first-order valence-corrected chi connectivity index (χ1v) is 11.3. The Hall–Kier alpha value is -1.41. The topological polar surface area (TPSA) is 17.8 Å². The Balaban J connectivity index is 0.00000105. The molecule has 2 aromatic carbocycles. The summed E-state index contributed by atoms with van der Waals surface area (Å²) in [5, 5.41) is 6.08. The van der Waals surface area contributed by atoms with Crippen molar-refractivity contribution in [3.05, 3.63) is 86.9 Å². The van der Waals surface area contributed by atoms with Crippen LogP contribution in [0.4, 0.5) is 0 Å². The molecule has 0 spiro atoms. The van der Waals surface area contributed by atoms with E-state index in [4.69, 9.17) is 5.10 Å². The van der Waals surface area contributed by atoms with Gasteiger partial charge in [0.15, 0.2) is 0 Å². The largest absolute Gasteiger partial charge is 1.00 e. The zero-order valence-corrected chi connectivity index (χ0v) is 18.8. The molecule has 3 aromatic rings. The fraction of sp³-hybridized carbons (Fsp3) is 0.136. The van der Waals surface area contributed by atoms with E-state index in [1.54, 1.807) is 3.28 Å². The van der Waals surface area contributed by atoms with Crippen LogP contribution in [-0.4, -0.2) is 9.78 Å². The predicted octanol–water partition coefficient (Wildman–Crippen LogP) is -0.586. The summed E-state index contributed by atoms with van der Waals surface area (Å²) in [6.07, 6.45) is 10.3. The Labute approximate surface area is 183 Å². The quantitative estimate of drug-likeness (QED) is 0.499. The van der Waals surface area contributed by atoms with Crippen LogP contribution in [0.25, 0.3) is 22.7 Å². The molecule has 0 saturated heterocycles. The van der Waals surface area contributed by atoms with Gasteiger partial charge in [0, 0.05) is 0 Å². The molecule has 1 unspecified atom stereocenters. The summed E-state index contributed by atoms with van der Waals surface area (Å²) in [5.74, 6) is 0. The smallest absolute Gasteiger partial charge is 1.00 e. The minimum atomic E-state index is -0.767. The van der Waals surface area contributed by atoms with E-state index in [0.29, 0.717) is 3.63 Å². The van der Waals surface area contributed by atoms with Gasteiger partial charge in [0.2, 0.25) is 0 Å². The number of nitrogens with zero attached hydrogens (tertiary/aromatic N) is 2. The van der Waals surface area contributed by atoms with Crippen LogP contribution in [0.2, 0.25) is 0 Å². The first-order chi connectivity index (χ1) is 12.3. The van der Waals surface area contributed by atoms with Crippen molar-refractivity contribution in [2.24, 2.45) is 0 Å². The van der Waals surface area contributed by atoms with E-state index >= 15 is 0 Å². The molecule has 0 saturated carbocycles. The Morgan fingerprint density at radius 2 is 1.81 bits per heavy atom. The molecule has 1 atom stereocenters.